The van der Waals surface area contributed by atoms with Gasteiger partial charge in [0.15, 0.2) is 16.4 Å². The fourth-order valence-electron chi connectivity index (χ4n) is 2.46. The third kappa shape index (κ3) is 3.30. The number of aryl methyl sites for hydroxylation is 1. The molecular formula is C15H17N3O6S. The van der Waals surface area contributed by atoms with Crippen LogP contribution >= 0.6 is 0 Å². The minimum atomic E-state index is -4.03. The molecule has 1 aromatic carbocycles. The van der Waals surface area contributed by atoms with Crippen LogP contribution in [0, 0.1) is 0 Å². The Bertz CT molecular complexity index is 1040. The van der Waals surface area contributed by atoms with E-state index in [9.17, 15) is 18.0 Å². The van der Waals surface area contributed by atoms with E-state index in [2.05, 4.69) is 4.72 Å². The van der Waals surface area contributed by atoms with Crippen molar-refractivity contribution in [1.82, 2.24) is 13.9 Å². The van der Waals surface area contributed by atoms with Crippen molar-refractivity contribution in [3.05, 3.63) is 50.8 Å². The van der Waals surface area contributed by atoms with Gasteiger partial charge in [-0.25, -0.2) is 17.9 Å². The molecule has 1 N–H and O–H groups in total. The predicted molar refractivity (Wildman–Crippen MR) is 88.4 cm³/mol. The highest BCUT2D eigenvalue weighted by Gasteiger charge is 2.21. The number of nitrogens with one attached hydrogen (secondary N) is 1. The highest BCUT2D eigenvalue weighted by Crippen LogP contribution is 2.32. The van der Waals surface area contributed by atoms with E-state index in [1.807, 2.05) is 6.07 Å². The smallest absolute Gasteiger partial charge is 0.330 e. The van der Waals surface area contributed by atoms with Crippen LogP contribution < -0.4 is 25.4 Å². The summed E-state index contributed by atoms with van der Waals surface area (Å²) in [5.41, 5.74) is -0.594. The number of benzene rings is 1. The monoisotopic (exact) mass is 367 g/mol. The molecular weight excluding hydrogens is 350 g/mol. The van der Waals surface area contributed by atoms with E-state index in [-0.39, 0.29) is 13.3 Å². The zero-order chi connectivity index (χ0) is 18.2. The summed E-state index contributed by atoms with van der Waals surface area (Å²) < 4.78 is 39.4. The largest absolute Gasteiger partial charge is 0.454 e. The normalized spacial score (nSPS) is 13.2. The molecule has 0 unspecified atom stereocenters. The van der Waals surface area contributed by atoms with Gasteiger partial charge < -0.3 is 14.0 Å². The molecule has 2 aromatic rings. The lowest BCUT2D eigenvalue weighted by Crippen LogP contribution is -2.41. The number of nitrogens with zero attached hydrogens (tertiary/aromatic N) is 2. The molecule has 0 saturated carbocycles. The van der Waals surface area contributed by atoms with Crippen LogP contribution in [-0.2, 0) is 30.5 Å². The van der Waals surface area contributed by atoms with Crippen molar-refractivity contribution in [2.24, 2.45) is 14.1 Å². The quantitative estimate of drug-likeness (QED) is 0.751. The minimum Gasteiger partial charge on any atom is -0.454 e. The van der Waals surface area contributed by atoms with Crippen molar-refractivity contribution < 1.29 is 17.9 Å². The molecule has 0 radical (unpaired) electrons. The van der Waals surface area contributed by atoms with E-state index in [0.29, 0.717) is 17.9 Å². The first-order valence-corrected chi connectivity index (χ1v) is 8.93. The molecule has 0 spiro atoms. The fraction of sp³-hybridized carbons (Fsp3) is 0.333. The van der Waals surface area contributed by atoms with E-state index < -0.39 is 26.2 Å². The molecule has 0 aliphatic carbocycles. The van der Waals surface area contributed by atoms with Crippen molar-refractivity contribution >= 4 is 10.0 Å². The molecule has 0 fully saturated rings. The molecule has 1 aliphatic heterocycles. The first-order valence-electron chi connectivity index (χ1n) is 7.44. The zero-order valence-corrected chi connectivity index (χ0v) is 14.5. The molecule has 1 aliphatic rings. The van der Waals surface area contributed by atoms with E-state index >= 15 is 0 Å². The second-order valence-corrected chi connectivity index (χ2v) is 7.32. The van der Waals surface area contributed by atoms with E-state index in [0.717, 1.165) is 20.9 Å². The van der Waals surface area contributed by atoms with Crippen molar-refractivity contribution in [1.29, 1.82) is 0 Å². The number of rotatable bonds is 5. The lowest BCUT2D eigenvalue weighted by molar-refractivity contribution is 0.174. The summed E-state index contributed by atoms with van der Waals surface area (Å²) in [6, 6.07) is 5.35. The Morgan fingerprint density at radius 1 is 1.16 bits per heavy atom. The van der Waals surface area contributed by atoms with Gasteiger partial charge in [0.05, 0.1) is 0 Å². The summed E-state index contributed by atoms with van der Waals surface area (Å²) in [5.74, 6) is 1.27. The lowest BCUT2D eigenvalue weighted by atomic mass is 10.1. The Balaban J connectivity index is 1.75. The van der Waals surface area contributed by atoms with E-state index in [4.69, 9.17) is 9.47 Å². The van der Waals surface area contributed by atoms with Gasteiger partial charge in [-0.15, -0.1) is 0 Å². The highest BCUT2D eigenvalue weighted by molar-refractivity contribution is 7.89. The molecule has 3 rings (SSSR count). The summed E-state index contributed by atoms with van der Waals surface area (Å²) in [5, 5.41) is 0. The van der Waals surface area contributed by atoms with Crippen molar-refractivity contribution in [2.75, 3.05) is 13.3 Å². The number of aromatic nitrogens is 2. The van der Waals surface area contributed by atoms with Gasteiger partial charge in [0.2, 0.25) is 16.8 Å². The number of hydrogen-bond donors (Lipinski definition) is 1. The highest BCUT2D eigenvalue weighted by atomic mass is 32.2. The second-order valence-electron chi connectivity index (χ2n) is 5.59. The molecule has 134 valence electrons. The van der Waals surface area contributed by atoms with Crippen molar-refractivity contribution in [2.45, 2.75) is 11.3 Å². The van der Waals surface area contributed by atoms with Crippen LogP contribution in [0.25, 0.3) is 0 Å². The van der Waals surface area contributed by atoms with Crippen molar-refractivity contribution in [3.8, 4) is 11.5 Å². The summed E-state index contributed by atoms with van der Waals surface area (Å²) in [7, 11) is -1.42. The Morgan fingerprint density at radius 2 is 1.88 bits per heavy atom. The molecule has 0 amide bonds. The Labute approximate surface area is 143 Å². The van der Waals surface area contributed by atoms with Crippen LogP contribution in [0.4, 0.5) is 0 Å². The summed E-state index contributed by atoms with van der Waals surface area (Å²) in [6.07, 6.45) is 1.43. The zero-order valence-electron chi connectivity index (χ0n) is 13.7. The molecule has 0 saturated heterocycles. The molecule has 25 heavy (non-hydrogen) atoms. The van der Waals surface area contributed by atoms with Gasteiger partial charge in [0, 0.05) is 26.8 Å². The molecule has 1 aromatic heterocycles. The first kappa shape index (κ1) is 17.2. The lowest BCUT2D eigenvalue weighted by Gasteiger charge is -2.09. The Morgan fingerprint density at radius 3 is 2.64 bits per heavy atom. The van der Waals surface area contributed by atoms with E-state index in [1.165, 1.54) is 14.1 Å². The average molecular weight is 367 g/mol. The first-order chi connectivity index (χ1) is 11.8. The standard InChI is InChI=1S/C15H17N3O6S/c1-17-8-13(14(19)18(2)15(17)20)25(21,22)16-6-5-10-3-4-11-12(7-10)24-9-23-11/h3-4,7-8,16H,5-6,9H2,1-2H3. The van der Waals surface area contributed by atoms with Gasteiger partial charge in [-0.05, 0) is 24.1 Å². The van der Waals surface area contributed by atoms with Crippen LogP contribution in [0.2, 0.25) is 0 Å². The Kier molecular flexibility index (Phi) is 4.39. The second kappa shape index (κ2) is 6.37. The molecule has 10 heteroatoms. The van der Waals surface area contributed by atoms with Gasteiger partial charge in [-0.3, -0.25) is 9.36 Å². The predicted octanol–water partition coefficient (Wildman–Crippen LogP) is -0.666. The van der Waals surface area contributed by atoms with E-state index in [1.54, 1.807) is 12.1 Å². The van der Waals surface area contributed by atoms with Gasteiger partial charge in [-0.2, -0.15) is 0 Å². The summed E-state index contributed by atoms with van der Waals surface area (Å²) in [4.78, 5) is 23.2. The third-order valence-electron chi connectivity index (χ3n) is 3.85. The number of ether oxygens (including phenoxy) is 2. The van der Waals surface area contributed by atoms with Crippen LogP contribution in [0.3, 0.4) is 0 Å². The van der Waals surface area contributed by atoms with Crippen LogP contribution in [0.5, 0.6) is 11.5 Å². The summed E-state index contributed by atoms with van der Waals surface area (Å²) >= 11 is 0. The summed E-state index contributed by atoms with van der Waals surface area (Å²) in [6.45, 7) is 0.259. The average Bonchev–Trinajstić information content (AvgIpc) is 3.03. The SMILES string of the molecule is Cn1cc(S(=O)(=O)NCCc2ccc3c(c2)OCO3)c(=O)n(C)c1=O. The van der Waals surface area contributed by atoms with Crippen molar-refractivity contribution in [3.63, 3.8) is 0 Å². The topological polar surface area (TPSA) is 109 Å². The number of hydrogen-bond acceptors (Lipinski definition) is 6. The number of fused-ring (bicyclic) bond motifs is 1. The molecule has 0 bridgehead atoms. The van der Waals surface area contributed by atoms with Gasteiger partial charge in [0.1, 0.15) is 0 Å². The fourth-order valence-corrected chi connectivity index (χ4v) is 3.65. The maximum Gasteiger partial charge on any atom is 0.330 e. The maximum absolute atomic E-state index is 12.4. The molecule has 9 nitrogen and oxygen atoms in total. The van der Waals surface area contributed by atoms with Gasteiger partial charge in [-0.1, -0.05) is 6.07 Å². The van der Waals surface area contributed by atoms with Crippen LogP contribution in [0.15, 0.2) is 38.9 Å². The van der Waals surface area contributed by atoms with Crippen LogP contribution in [0.1, 0.15) is 5.56 Å². The van der Waals surface area contributed by atoms with Crippen LogP contribution in [-0.4, -0.2) is 30.9 Å². The number of sulfonamides is 1. The maximum atomic E-state index is 12.4. The molecule has 2 heterocycles. The minimum absolute atomic E-state index is 0.0912. The molecule has 0 atom stereocenters. The Hall–Kier alpha value is -2.59. The third-order valence-corrected chi connectivity index (χ3v) is 5.29. The van der Waals surface area contributed by atoms with Gasteiger partial charge in [0.25, 0.3) is 5.56 Å². The van der Waals surface area contributed by atoms with Gasteiger partial charge >= 0.3 is 5.69 Å².